The van der Waals surface area contributed by atoms with Gasteiger partial charge in [0.1, 0.15) is 0 Å². The molecule has 1 N–H and O–H groups in total. The molecule has 0 aliphatic rings. The number of nitrogens with zero attached hydrogens (tertiary/aromatic N) is 1. The van der Waals surface area contributed by atoms with Crippen molar-refractivity contribution in [3.63, 3.8) is 0 Å². The number of imidazole rings is 1. The Kier molecular flexibility index (Phi) is 3.58. The van der Waals surface area contributed by atoms with Gasteiger partial charge in [-0.1, -0.05) is 0 Å². The van der Waals surface area contributed by atoms with E-state index >= 15 is 0 Å². The smallest absolute Gasteiger partial charge is 0.0921 e. The molecule has 0 saturated carbocycles. The average Bonchev–Trinajstić information content (AvgIpc) is 2.24. The predicted octanol–water partition coefficient (Wildman–Crippen LogP) is 1.52. The first-order chi connectivity index (χ1) is 3.89. The number of hydrogen-bond acceptors (Lipinski definition) is 1. The van der Waals surface area contributed by atoms with Crippen LogP contribution in [0, 0.1) is 6.92 Å². The van der Waals surface area contributed by atoms with Crippen molar-refractivity contribution in [1.82, 2.24) is 9.97 Å². The second-order valence-electron chi connectivity index (χ2n) is 1.23. The van der Waals surface area contributed by atoms with E-state index in [-0.39, 0.29) is 0 Å². The number of aryl methyl sites for hydroxylation is 1. The molecule has 2 heteroatoms. The highest BCUT2D eigenvalue weighted by atomic mass is 14.8. The number of H-pyrrole nitrogens is 1. The Morgan fingerprint density at radius 3 is 2.38 bits per heavy atom. The SMILES string of the molecule is C=C.Cc1cnc[nH]1. The van der Waals surface area contributed by atoms with Crippen LogP contribution in [0.15, 0.2) is 25.7 Å². The van der Waals surface area contributed by atoms with Crippen molar-refractivity contribution in [1.29, 1.82) is 0 Å². The molecule has 0 aromatic carbocycles. The number of aromatic amines is 1. The molecule has 1 heterocycles. The summed E-state index contributed by atoms with van der Waals surface area (Å²) in [6.45, 7) is 7.97. The van der Waals surface area contributed by atoms with Crippen LogP contribution in [0.25, 0.3) is 0 Å². The highest BCUT2D eigenvalue weighted by molar-refractivity contribution is 4.87. The number of rotatable bonds is 0. The molecule has 0 aliphatic carbocycles. The van der Waals surface area contributed by atoms with Gasteiger partial charge in [-0.15, -0.1) is 13.2 Å². The zero-order valence-corrected chi connectivity index (χ0v) is 5.02. The lowest BCUT2D eigenvalue weighted by atomic mass is 10.6. The fourth-order valence-electron chi connectivity index (χ4n) is 0.325. The average molecular weight is 110 g/mol. The molecule has 0 aliphatic heterocycles. The van der Waals surface area contributed by atoms with E-state index in [2.05, 4.69) is 23.1 Å². The van der Waals surface area contributed by atoms with Crippen LogP contribution in [0.4, 0.5) is 0 Å². The topological polar surface area (TPSA) is 28.7 Å². The summed E-state index contributed by atoms with van der Waals surface area (Å²) in [7, 11) is 0. The summed E-state index contributed by atoms with van der Waals surface area (Å²) in [5, 5.41) is 0. The minimum Gasteiger partial charge on any atom is -0.349 e. The highest BCUT2D eigenvalue weighted by Crippen LogP contribution is 1.81. The first kappa shape index (κ1) is 6.95. The second kappa shape index (κ2) is 4.12. The van der Waals surface area contributed by atoms with Crippen LogP contribution < -0.4 is 0 Å². The van der Waals surface area contributed by atoms with Gasteiger partial charge in [0, 0.05) is 11.9 Å². The molecule has 0 unspecified atom stereocenters. The summed E-state index contributed by atoms with van der Waals surface area (Å²) in [6.07, 6.45) is 3.44. The summed E-state index contributed by atoms with van der Waals surface area (Å²) in [5.41, 5.74) is 1.11. The second-order valence-corrected chi connectivity index (χ2v) is 1.23. The minimum atomic E-state index is 1.11. The lowest BCUT2D eigenvalue weighted by Crippen LogP contribution is -1.59. The van der Waals surface area contributed by atoms with Gasteiger partial charge in [-0.2, -0.15) is 0 Å². The van der Waals surface area contributed by atoms with Crippen LogP contribution in [0.3, 0.4) is 0 Å². The first-order valence-corrected chi connectivity index (χ1v) is 2.34. The van der Waals surface area contributed by atoms with Crippen molar-refractivity contribution in [3.8, 4) is 0 Å². The van der Waals surface area contributed by atoms with Crippen molar-refractivity contribution in [2.75, 3.05) is 0 Å². The molecule has 0 amide bonds. The maximum Gasteiger partial charge on any atom is 0.0921 e. The summed E-state index contributed by atoms with van der Waals surface area (Å²) >= 11 is 0. The van der Waals surface area contributed by atoms with Crippen LogP contribution in [0.5, 0.6) is 0 Å². The Bertz CT molecular complexity index is 121. The molecule has 44 valence electrons. The van der Waals surface area contributed by atoms with Gasteiger partial charge in [-0.3, -0.25) is 0 Å². The maximum atomic E-state index is 3.77. The number of aromatic nitrogens is 2. The van der Waals surface area contributed by atoms with Crippen LogP contribution in [-0.2, 0) is 0 Å². The summed E-state index contributed by atoms with van der Waals surface area (Å²) in [6, 6.07) is 0. The standard InChI is InChI=1S/C4H6N2.C2H4/c1-4-2-5-3-6-4;1-2/h2-3H,1H3,(H,5,6);1-2H2. The van der Waals surface area contributed by atoms with Crippen molar-refractivity contribution in [3.05, 3.63) is 31.4 Å². The normalized spacial score (nSPS) is 7.12. The fourth-order valence-corrected chi connectivity index (χ4v) is 0.325. The van der Waals surface area contributed by atoms with Crippen molar-refractivity contribution in [2.45, 2.75) is 6.92 Å². The van der Waals surface area contributed by atoms with Gasteiger partial charge in [-0.05, 0) is 6.92 Å². The van der Waals surface area contributed by atoms with Gasteiger partial charge < -0.3 is 4.98 Å². The molecular weight excluding hydrogens is 100 g/mol. The molecule has 1 rings (SSSR count). The van der Waals surface area contributed by atoms with E-state index in [0.29, 0.717) is 0 Å². The quantitative estimate of drug-likeness (QED) is 0.504. The molecule has 0 radical (unpaired) electrons. The molecular formula is C6H10N2. The maximum absolute atomic E-state index is 3.77. The Morgan fingerprint density at radius 2 is 2.25 bits per heavy atom. The van der Waals surface area contributed by atoms with Gasteiger partial charge in [0.15, 0.2) is 0 Å². The van der Waals surface area contributed by atoms with E-state index in [1.807, 2.05) is 6.92 Å². The number of hydrogen-bond donors (Lipinski definition) is 1. The van der Waals surface area contributed by atoms with Gasteiger partial charge in [0.25, 0.3) is 0 Å². The Morgan fingerprint density at radius 1 is 1.62 bits per heavy atom. The largest absolute Gasteiger partial charge is 0.349 e. The lowest BCUT2D eigenvalue weighted by Gasteiger charge is -1.67. The third-order valence-electron chi connectivity index (χ3n) is 0.635. The Balaban J connectivity index is 0.000000222. The zero-order chi connectivity index (χ0) is 6.41. The molecule has 1 aromatic rings. The van der Waals surface area contributed by atoms with Crippen molar-refractivity contribution in [2.24, 2.45) is 0 Å². The Labute approximate surface area is 49.3 Å². The molecule has 0 atom stereocenters. The highest BCUT2D eigenvalue weighted by Gasteiger charge is 1.73. The molecule has 8 heavy (non-hydrogen) atoms. The summed E-state index contributed by atoms with van der Waals surface area (Å²) in [5.74, 6) is 0. The van der Waals surface area contributed by atoms with Crippen LogP contribution >= 0.6 is 0 Å². The molecule has 0 fully saturated rings. The monoisotopic (exact) mass is 110 g/mol. The Hall–Kier alpha value is -1.05. The fraction of sp³-hybridized carbons (Fsp3) is 0.167. The third-order valence-corrected chi connectivity index (χ3v) is 0.635. The van der Waals surface area contributed by atoms with Gasteiger partial charge >= 0.3 is 0 Å². The van der Waals surface area contributed by atoms with E-state index in [0.717, 1.165) is 5.69 Å². The van der Waals surface area contributed by atoms with E-state index in [1.165, 1.54) is 0 Å². The third kappa shape index (κ3) is 2.18. The molecule has 0 spiro atoms. The van der Waals surface area contributed by atoms with E-state index in [1.54, 1.807) is 12.5 Å². The van der Waals surface area contributed by atoms with Crippen LogP contribution in [0.2, 0.25) is 0 Å². The van der Waals surface area contributed by atoms with Gasteiger partial charge in [-0.25, -0.2) is 4.98 Å². The minimum absolute atomic E-state index is 1.11. The summed E-state index contributed by atoms with van der Waals surface area (Å²) in [4.78, 5) is 6.66. The van der Waals surface area contributed by atoms with Crippen LogP contribution in [0.1, 0.15) is 5.69 Å². The van der Waals surface area contributed by atoms with Gasteiger partial charge in [0.2, 0.25) is 0 Å². The zero-order valence-electron chi connectivity index (χ0n) is 5.02. The van der Waals surface area contributed by atoms with E-state index < -0.39 is 0 Å². The van der Waals surface area contributed by atoms with E-state index in [4.69, 9.17) is 0 Å². The van der Waals surface area contributed by atoms with Crippen LogP contribution in [-0.4, -0.2) is 9.97 Å². The number of nitrogens with one attached hydrogen (secondary N) is 1. The summed E-state index contributed by atoms with van der Waals surface area (Å²) < 4.78 is 0. The van der Waals surface area contributed by atoms with Crippen molar-refractivity contribution < 1.29 is 0 Å². The lowest BCUT2D eigenvalue weighted by molar-refractivity contribution is 1.25. The molecule has 2 nitrogen and oxygen atoms in total. The van der Waals surface area contributed by atoms with E-state index in [9.17, 15) is 0 Å². The molecule has 0 saturated heterocycles. The van der Waals surface area contributed by atoms with Crippen molar-refractivity contribution >= 4 is 0 Å². The molecule has 0 bridgehead atoms. The predicted molar refractivity (Wildman–Crippen MR) is 34.6 cm³/mol. The van der Waals surface area contributed by atoms with Gasteiger partial charge in [0.05, 0.1) is 6.33 Å². The molecule has 1 aromatic heterocycles. The first-order valence-electron chi connectivity index (χ1n) is 2.34.